The Morgan fingerprint density at radius 2 is 1.47 bits per heavy atom. The molecular weight excluding hydrogens is 191 g/mol. The largest absolute Gasteiger partial charge is 0.237 e. The molecule has 1 aromatic carbocycles. The summed E-state index contributed by atoms with van der Waals surface area (Å²) in [6.45, 7) is 0.0535. The normalized spacial score (nSPS) is 10.5. The second kappa shape index (κ2) is 7.41. The maximum absolute atomic E-state index is 12.6. The van der Waals surface area contributed by atoms with Gasteiger partial charge in [0.1, 0.15) is 5.82 Å². The third kappa shape index (κ3) is 5.53. The van der Waals surface area contributed by atoms with E-state index in [0.717, 1.165) is 38.5 Å². The van der Waals surface area contributed by atoms with Crippen LogP contribution in [0.15, 0.2) is 24.3 Å². The van der Waals surface area contributed by atoms with Gasteiger partial charge < -0.3 is 0 Å². The van der Waals surface area contributed by atoms with E-state index in [-0.39, 0.29) is 12.4 Å². The molecule has 0 heterocycles. The van der Waals surface area contributed by atoms with Crippen LogP contribution in [0.2, 0.25) is 0 Å². The summed E-state index contributed by atoms with van der Waals surface area (Å²) < 4.78 is 12.6. The van der Waals surface area contributed by atoms with Crippen molar-refractivity contribution in [2.45, 2.75) is 38.5 Å². The summed E-state index contributed by atoms with van der Waals surface area (Å²) in [4.78, 5) is 0. The minimum Gasteiger partial charge on any atom is -0.237 e. The quantitative estimate of drug-likeness (QED) is 0.609. The van der Waals surface area contributed by atoms with E-state index < -0.39 is 0 Å². The van der Waals surface area contributed by atoms with Gasteiger partial charge in [-0.2, -0.15) is 0 Å². The van der Waals surface area contributed by atoms with Gasteiger partial charge in [0.05, 0.1) is 6.61 Å². The van der Waals surface area contributed by atoms with Crippen molar-refractivity contribution in [1.82, 2.24) is 0 Å². The van der Waals surface area contributed by atoms with Crippen molar-refractivity contribution in [3.8, 4) is 0 Å². The van der Waals surface area contributed by atoms with Crippen molar-refractivity contribution < 1.29 is 9.50 Å². The van der Waals surface area contributed by atoms with Crippen LogP contribution in [0.3, 0.4) is 0 Å². The standard InChI is InChI=1S/C13H18FO/c14-13-9-7-12(8-10-13)6-4-2-1-3-5-11-15/h7-10H,1-6,11H2. The SMILES string of the molecule is [O]CCCCCCCc1ccc(F)cc1. The second-order valence-electron chi connectivity index (χ2n) is 3.85. The summed E-state index contributed by atoms with van der Waals surface area (Å²) in [6.07, 6.45) is 6.30. The zero-order valence-corrected chi connectivity index (χ0v) is 9.05. The molecule has 0 atom stereocenters. The molecule has 83 valence electrons. The van der Waals surface area contributed by atoms with Gasteiger partial charge in [-0.15, -0.1) is 0 Å². The summed E-state index contributed by atoms with van der Waals surface area (Å²) in [6, 6.07) is 6.69. The first-order valence-corrected chi connectivity index (χ1v) is 5.65. The Morgan fingerprint density at radius 3 is 2.13 bits per heavy atom. The average molecular weight is 209 g/mol. The van der Waals surface area contributed by atoms with Crippen molar-refractivity contribution in [3.05, 3.63) is 35.6 Å². The molecule has 0 aliphatic heterocycles. The van der Waals surface area contributed by atoms with Crippen LogP contribution in [0, 0.1) is 5.82 Å². The predicted octanol–water partition coefficient (Wildman–Crippen LogP) is 3.75. The molecule has 0 fully saturated rings. The van der Waals surface area contributed by atoms with Crippen LogP contribution >= 0.6 is 0 Å². The lowest BCUT2D eigenvalue weighted by atomic mass is 10.1. The smallest absolute Gasteiger partial charge is 0.123 e. The summed E-state index contributed by atoms with van der Waals surface area (Å²) in [7, 11) is 0. The van der Waals surface area contributed by atoms with E-state index in [1.54, 1.807) is 0 Å². The average Bonchev–Trinajstić information content (AvgIpc) is 2.26. The van der Waals surface area contributed by atoms with E-state index in [4.69, 9.17) is 0 Å². The Kier molecular flexibility index (Phi) is 6.02. The van der Waals surface area contributed by atoms with Crippen molar-refractivity contribution >= 4 is 0 Å². The van der Waals surface area contributed by atoms with Gasteiger partial charge >= 0.3 is 0 Å². The van der Waals surface area contributed by atoms with Gasteiger partial charge in [0.15, 0.2) is 0 Å². The van der Waals surface area contributed by atoms with E-state index in [9.17, 15) is 9.50 Å². The topological polar surface area (TPSA) is 19.9 Å². The molecular formula is C13H18FO. The third-order valence-corrected chi connectivity index (χ3v) is 2.52. The molecule has 0 amide bonds. The highest BCUT2D eigenvalue weighted by Gasteiger charge is 1.95. The highest BCUT2D eigenvalue weighted by atomic mass is 19.1. The number of benzene rings is 1. The summed E-state index contributed by atoms with van der Waals surface area (Å²) >= 11 is 0. The summed E-state index contributed by atoms with van der Waals surface area (Å²) in [5.41, 5.74) is 1.19. The zero-order chi connectivity index (χ0) is 10.9. The van der Waals surface area contributed by atoms with Crippen molar-refractivity contribution in [2.24, 2.45) is 0 Å². The van der Waals surface area contributed by atoms with Gasteiger partial charge in [-0.1, -0.05) is 31.4 Å². The third-order valence-electron chi connectivity index (χ3n) is 2.52. The molecule has 1 rings (SSSR count). The van der Waals surface area contributed by atoms with Gasteiger partial charge in [0.2, 0.25) is 0 Å². The summed E-state index contributed by atoms with van der Waals surface area (Å²) in [5.74, 6) is -0.172. The van der Waals surface area contributed by atoms with Crippen LogP contribution in [-0.2, 0) is 11.5 Å². The van der Waals surface area contributed by atoms with Crippen molar-refractivity contribution in [1.29, 1.82) is 0 Å². The fourth-order valence-electron chi connectivity index (χ4n) is 1.61. The Bertz CT molecular complexity index is 256. The van der Waals surface area contributed by atoms with Crippen LogP contribution in [0.4, 0.5) is 4.39 Å². The molecule has 1 nitrogen and oxygen atoms in total. The zero-order valence-electron chi connectivity index (χ0n) is 9.05. The molecule has 0 spiro atoms. The maximum Gasteiger partial charge on any atom is 0.123 e. The molecule has 1 radical (unpaired) electrons. The lowest BCUT2D eigenvalue weighted by Gasteiger charge is -2.01. The first kappa shape index (κ1) is 12.2. The fraction of sp³-hybridized carbons (Fsp3) is 0.538. The van der Waals surface area contributed by atoms with E-state index in [0.29, 0.717) is 0 Å². The highest BCUT2D eigenvalue weighted by Crippen LogP contribution is 2.09. The maximum atomic E-state index is 12.6. The number of hydrogen-bond donors (Lipinski definition) is 0. The Hall–Kier alpha value is -0.890. The Labute approximate surface area is 90.9 Å². The van der Waals surface area contributed by atoms with Gasteiger partial charge in [-0.05, 0) is 37.0 Å². The number of hydrogen-bond acceptors (Lipinski definition) is 0. The number of aryl methyl sites for hydroxylation is 1. The van der Waals surface area contributed by atoms with Gasteiger partial charge in [-0.25, -0.2) is 9.50 Å². The first-order valence-electron chi connectivity index (χ1n) is 5.65. The molecule has 0 N–H and O–H groups in total. The summed E-state index contributed by atoms with van der Waals surface area (Å²) in [5, 5.41) is 10.2. The highest BCUT2D eigenvalue weighted by molar-refractivity contribution is 5.15. The van der Waals surface area contributed by atoms with Gasteiger partial charge in [0, 0.05) is 0 Å². The van der Waals surface area contributed by atoms with E-state index >= 15 is 0 Å². The number of halogens is 1. The van der Waals surface area contributed by atoms with Crippen LogP contribution < -0.4 is 0 Å². The van der Waals surface area contributed by atoms with Crippen LogP contribution in [0.1, 0.15) is 37.7 Å². The van der Waals surface area contributed by atoms with E-state index in [1.165, 1.54) is 17.7 Å². The van der Waals surface area contributed by atoms with E-state index in [1.807, 2.05) is 12.1 Å². The van der Waals surface area contributed by atoms with Crippen LogP contribution in [0.25, 0.3) is 0 Å². The lowest BCUT2D eigenvalue weighted by molar-refractivity contribution is 0.186. The Morgan fingerprint density at radius 1 is 0.867 bits per heavy atom. The van der Waals surface area contributed by atoms with E-state index in [2.05, 4.69) is 0 Å². The Balaban J connectivity index is 2.07. The molecule has 15 heavy (non-hydrogen) atoms. The number of unbranched alkanes of at least 4 members (excludes halogenated alkanes) is 4. The molecule has 0 saturated heterocycles. The minimum absolute atomic E-state index is 0.0535. The monoisotopic (exact) mass is 209 g/mol. The molecule has 0 aliphatic rings. The van der Waals surface area contributed by atoms with Gasteiger partial charge in [0.25, 0.3) is 0 Å². The molecule has 2 heteroatoms. The first-order chi connectivity index (χ1) is 7.33. The minimum atomic E-state index is -0.172. The molecule has 0 saturated carbocycles. The van der Waals surface area contributed by atoms with Crippen LogP contribution in [0.5, 0.6) is 0 Å². The molecule has 0 aromatic heterocycles. The van der Waals surface area contributed by atoms with Crippen molar-refractivity contribution in [3.63, 3.8) is 0 Å². The molecule has 0 aliphatic carbocycles. The fourth-order valence-corrected chi connectivity index (χ4v) is 1.61. The van der Waals surface area contributed by atoms with Crippen molar-refractivity contribution in [2.75, 3.05) is 6.61 Å². The second-order valence-corrected chi connectivity index (χ2v) is 3.85. The predicted molar refractivity (Wildman–Crippen MR) is 58.7 cm³/mol. The van der Waals surface area contributed by atoms with Gasteiger partial charge in [-0.3, -0.25) is 0 Å². The van der Waals surface area contributed by atoms with Crippen LogP contribution in [-0.4, -0.2) is 6.61 Å². The molecule has 0 bridgehead atoms. The lowest BCUT2D eigenvalue weighted by Crippen LogP contribution is -1.87. The molecule has 0 unspecified atom stereocenters. The number of rotatable bonds is 7. The molecule has 1 aromatic rings.